The van der Waals surface area contributed by atoms with Gasteiger partial charge in [-0.25, -0.2) is 20.1 Å². The van der Waals surface area contributed by atoms with E-state index in [1.807, 2.05) is 0 Å². The fourth-order valence-electron chi connectivity index (χ4n) is 2.51. The lowest BCUT2D eigenvalue weighted by molar-refractivity contribution is 0.813. The largest absolute Gasteiger partial charge is 0.256 e. The van der Waals surface area contributed by atoms with Crippen molar-refractivity contribution in [3.8, 4) is 0 Å². The minimum Gasteiger partial charge on any atom is -0.256 e. The van der Waals surface area contributed by atoms with Crippen LogP contribution in [0.2, 0.25) is 0 Å². The lowest BCUT2D eigenvalue weighted by atomic mass is 10.1. The summed E-state index contributed by atoms with van der Waals surface area (Å²) in [6.45, 7) is 4.43. The van der Waals surface area contributed by atoms with Crippen LogP contribution in [-0.4, -0.2) is 42.5 Å². The summed E-state index contributed by atoms with van der Waals surface area (Å²) in [5, 5.41) is 0. The van der Waals surface area contributed by atoms with Crippen molar-refractivity contribution in [2.24, 2.45) is 0 Å². The predicted octanol–water partition coefficient (Wildman–Crippen LogP) is 4.59. The van der Waals surface area contributed by atoms with Crippen LogP contribution < -0.4 is 0 Å². The molecule has 0 saturated carbocycles. The Morgan fingerprint density at radius 3 is 1.67 bits per heavy atom. The van der Waals surface area contributed by atoms with Crippen LogP contribution in [0.25, 0.3) is 0 Å². The SMILES string of the molecule is CC(C)c1cccc(C(S(C)(C)C)S(C)(C)C)n1. The van der Waals surface area contributed by atoms with Crippen molar-refractivity contribution in [1.82, 2.24) is 4.98 Å². The first-order chi connectivity index (χ1) is 8.03. The zero-order chi connectivity index (χ0) is 14.1. The molecule has 0 aliphatic rings. The Bertz CT molecular complexity index is 386. The smallest absolute Gasteiger partial charge is 0.0607 e. The highest BCUT2D eigenvalue weighted by molar-refractivity contribution is 8.47. The zero-order valence-corrected chi connectivity index (χ0v) is 14.8. The Hall–Kier alpha value is -0.150. The van der Waals surface area contributed by atoms with E-state index in [4.69, 9.17) is 4.98 Å². The van der Waals surface area contributed by atoms with E-state index in [0.717, 1.165) is 0 Å². The molecule has 0 spiro atoms. The third-order valence-electron chi connectivity index (χ3n) is 2.91. The second kappa shape index (κ2) is 5.46. The number of nitrogens with zero attached hydrogens (tertiary/aromatic N) is 1. The first-order valence-electron chi connectivity index (χ1n) is 6.34. The third-order valence-corrected chi connectivity index (χ3v) is 9.43. The molecule has 0 radical (unpaired) electrons. The van der Waals surface area contributed by atoms with Crippen LogP contribution in [0.15, 0.2) is 18.2 Å². The van der Waals surface area contributed by atoms with E-state index in [1.54, 1.807) is 0 Å². The molecule has 1 aromatic rings. The lowest BCUT2D eigenvalue weighted by Crippen LogP contribution is -2.16. The molecule has 0 bridgehead atoms. The van der Waals surface area contributed by atoms with Crippen molar-refractivity contribution in [3.63, 3.8) is 0 Å². The van der Waals surface area contributed by atoms with Gasteiger partial charge in [0.1, 0.15) is 0 Å². The summed E-state index contributed by atoms with van der Waals surface area (Å²) in [7, 11) is -1.29. The maximum atomic E-state index is 4.95. The second-order valence-electron chi connectivity index (χ2n) is 6.84. The van der Waals surface area contributed by atoms with E-state index >= 15 is 0 Å². The summed E-state index contributed by atoms with van der Waals surface area (Å²) >= 11 is 0. The normalized spacial score (nSPS) is 15.2. The fourth-order valence-corrected chi connectivity index (χ4v) is 11.2. The third kappa shape index (κ3) is 3.92. The average molecular weight is 288 g/mol. The van der Waals surface area contributed by atoms with Gasteiger partial charge >= 0.3 is 0 Å². The zero-order valence-electron chi connectivity index (χ0n) is 13.2. The van der Waals surface area contributed by atoms with E-state index in [2.05, 4.69) is 69.6 Å². The van der Waals surface area contributed by atoms with Crippen LogP contribution in [0.3, 0.4) is 0 Å². The van der Waals surface area contributed by atoms with E-state index < -0.39 is 20.1 Å². The predicted molar refractivity (Wildman–Crippen MR) is 91.8 cm³/mol. The average Bonchev–Trinajstić information content (AvgIpc) is 2.13. The maximum absolute atomic E-state index is 4.95. The number of aromatic nitrogens is 1. The molecular weight excluding hydrogens is 258 g/mol. The molecule has 3 heteroatoms. The van der Waals surface area contributed by atoms with Crippen LogP contribution >= 0.6 is 20.1 Å². The van der Waals surface area contributed by atoms with E-state index in [0.29, 0.717) is 10.5 Å². The van der Waals surface area contributed by atoms with E-state index in [1.165, 1.54) is 11.4 Å². The molecule has 0 amide bonds. The van der Waals surface area contributed by atoms with Crippen molar-refractivity contribution in [2.45, 2.75) is 24.3 Å². The summed E-state index contributed by atoms with van der Waals surface area (Å²) < 4.78 is 0.628. The molecule has 0 fully saturated rings. The van der Waals surface area contributed by atoms with Gasteiger partial charge < -0.3 is 0 Å². The van der Waals surface area contributed by atoms with Gasteiger partial charge in [0.25, 0.3) is 0 Å². The van der Waals surface area contributed by atoms with Crippen LogP contribution in [0, 0.1) is 0 Å². The van der Waals surface area contributed by atoms with Crippen LogP contribution in [0.1, 0.15) is 35.7 Å². The molecule has 1 aromatic heterocycles. The fraction of sp³-hybridized carbons (Fsp3) is 0.667. The molecule has 0 atom stereocenters. The Morgan fingerprint density at radius 1 is 0.833 bits per heavy atom. The number of hydrogen-bond acceptors (Lipinski definition) is 1. The molecule has 1 rings (SSSR count). The molecule has 0 unspecified atom stereocenters. The second-order valence-corrected chi connectivity index (χ2v) is 15.8. The topological polar surface area (TPSA) is 12.9 Å². The Balaban J connectivity index is 3.27. The molecule has 0 aromatic carbocycles. The Kier molecular flexibility index (Phi) is 4.82. The molecule has 106 valence electrons. The summed E-state index contributed by atoms with van der Waals surface area (Å²) in [4.78, 5) is 4.95. The van der Waals surface area contributed by atoms with Crippen molar-refractivity contribution in [2.75, 3.05) is 37.5 Å². The standard InChI is InChI=1S/C15H29NS2/c1-12(2)13-10-9-11-14(16-13)15(17(3,4)5)18(6,7)8/h9-12,15H,1-8H3. The van der Waals surface area contributed by atoms with Gasteiger partial charge in [-0.05, 0) is 55.6 Å². The highest BCUT2D eigenvalue weighted by atomic mass is 32.3. The summed E-state index contributed by atoms with van der Waals surface area (Å²) in [6.07, 6.45) is 14.5. The highest BCUT2D eigenvalue weighted by Crippen LogP contribution is 2.68. The Morgan fingerprint density at radius 2 is 1.28 bits per heavy atom. The first-order valence-corrected chi connectivity index (χ1v) is 12.2. The van der Waals surface area contributed by atoms with Gasteiger partial charge in [-0.15, -0.1) is 0 Å². The van der Waals surface area contributed by atoms with Crippen LogP contribution in [0.5, 0.6) is 0 Å². The van der Waals surface area contributed by atoms with Gasteiger partial charge in [0, 0.05) is 5.69 Å². The lowest BCUT2D eigenvalue weighted by Gasteiger charge is -2.47. The minimum absolute atomic E-state index is 0.510. The van der Waals surface area contributed by atoms with Crippen molar-refractivity contribution < 1.29 is 0 Å². The van der Waals surface area contributed by atoms with Crippen LogP contribution in [0.4, 0.5) is 0 Å². The van der Waals surface area contributed by atoms with E-state index in [9.17, 15) is 0 Å². The molecule has 0 aliphatic heterocycles. The molecule has 0 aliphatic carbocycles. The maximum Gasteiger partial charge on any atom is 0.0607 e. The van der Waals surface area contributed by atoms with Gasteiger partial charge in [0.2, 0.25) is 0 Å². The van der Waals surface area contributed by atoms with Crippen molar-refractivity contribution >= 4 is 20.1 Å². The molecule has 0 saturated heterocycles. The van der Waals surface area contributed by atoms with Gasteiger partial charge in [-0.3, -0.25) is 4.98 Å². The molecule has 1 heterocycles. The van der Waals surface area contributed by atoms with Gasteiger partial charge in [-0.1, -0.05) is 19.9 Å². The monoisotopic (exact) mass is 287 g/mol. The quantitative estimate of drug-likeness (QED) is 0.789. The molecule has 1 nitrogen and oxygen atoms in total. The van der Waals surface area contributed by atoms with Crippen LogP contribution in [-0.2, 0) is 0 Å². The minimum atomic E-state index is -0.644. The highest BCUT2D eigenvalue weighted by Gasteiger charge is 2.31. The van der Waals surface area contributed by atoms with Gasteiger partial charge in [-0.2, -0.15) is 0 Å². The molecule has 0 N–H and O–H groups in total. The number of pyridine rings is 1. The summed E-state index contributed by atoms with van der Waals surface area (Å²) in [5.41, 5.74) is 2.54. The Labute approximate surface area is 116 Å². The number of hydrogen-bond donors (Lipinski definition) is 0. The summed E-state index contributed by atoms with van der Waals surface area (Å²) in [5.74, 6) is 0.510. The first kappa shape index (κ1) is 15.9. The molecular formula is C15H29NS2. The summed E-state index contributed by atoms with van der Waals surface area (Å²) in [6, 6.07) is 6.56. The van der Waals surface area contributed by atoms with Gasteiger partial charge in [0.05, 0.1) is 10.3 Å². The van der Waals surface area contributed by atoms with E-state index in [-0.39, 0.29) is 0 Å². The number of rotatable bonds is 4. The van der Waals surface area contributed by atoms with Crippen molar-refractivity contribution in [1.29, 1.82) is 0 Å². The van der Waals surface area contributed by atoms with Gasteiger partial charge in [0.15, 0.2) is 0 Å². The molecule has 18 heavy (non-hydrogen) atoms. The van der Waals surface area contributed by atoms with Crippen molar-refractivity contribution in [3.05, 3.63) is 29.6 Å².